The molecule has 0 aromatic heterocycles. The van der Waals surface area contributed by atoms with Gasteiger partial charge in [-0.3, -0.25) is 0 Å². The average molecular weight is 349 g/mol. The van der Waals surface area contributed by atoms with Gasteiger partial charge < -0.3 is 0 Å². The quantitative estimate of drug-likeness (QED) is 0.539. The van der Waals surface area contributed by atoms with E-state index in [1.807, 2.05) is 0 Å². The molecule has 0 saturated carbocycles. The van der Waals surface area contributed by atoms with Crippen LogP contribution in [0.4, 0.5) is 0 Å². The van der Waals surface area contributed by atoms with Crippen LogP contribution in [0.1, 0.15) is 63.8 Å². The highest BCUT2D eigenvalue weighted by Gasteiger charge is 2.19. The Labute approximate surface area is 150 Å². The zero-order valence-corrected chi connectivity index (χ0v) is 16.4. The number of rotatable bonds is 2. The maximum atomic E-state index is 6.47. The first-order valence-electron chi connectivity index (χ1n) is 8.06. The van der Waals surface area contributed by atoms with Crippen molar-refractivity contribution in [1.82, 2.24) is 0 Å². The highest BCUT2D eigenvalue weighted by Crippen LogP contribution is 2.32. The normalized spacial score (nSPS) is 12.5. The van der Waals surface area contributed by atoms with Gasteiger partial charge >= 0.3 is 0 Å². The average Bonchev–Trinajstić information content (AvgIpc) is 2.35. The second-order valence-corrected chi connectivity index (χ2v) is 9.12. The Balaban J connectivity index is 2.27. The number of halogens is 2. The van der Waals surface area contributed by atoms with Crippen LogP contribution < -0.4 is 0 Å². The molecule has 0 atom stereocenters. The van der Waals surface area contributed by atoms with Crippen LogP contribution in [0.2, 0.25) is 10.0 Å². The summed E-state index contributed by atoms with van der Waals surface area (Å²) in [5, 5.41) is 1.68. The summed E-state index contributed by atoms with van der Waals surface area (Å²) in [4.78, 5) is 0. The standard InChI is InChI=1S/C21H26Cl2/c1-20(2,3)16-9-7-14(12-18(16)22)11-15-8-10-17(19(23)13-15)21(4,5)6/h7-10,12-13H,11H2,1-6H3. The monoisotopic (exact) mass is 348 g/mol. The minimum absolute atomic E-state index is 0.0628. The number of benzene rings is 2. The minimum atomic E-state index is 0.0628. The topological polar surface area (TPSA) is 0 Å². The van der Waals surface area contributed by atoms with Crippen molar-refractivity contribution >= 4 is 23.2 Å². The van der Waals surface area contributed by atoms with Crippen LogP contribution in [0.5, 0.6) is 0 Å². The van der Waals surface area contributed by atoms with Crippen molar-refractivity contribution in [3.05, 3.63) is 68.7 Å². The molecule has 0 bridgehead atoms. The van der Waals surface area contributed by atoms with E-state index in [2.05, 4.69) is 77.9 Å². The summed E-state index contributed by atoms with van der Waals surface area (Å²) in [6.07, 6.45) is 0.842. The van der Waals surface area contributed by atoms with Crippen LogP contribution in [0.3, 0.4) is 0 Å². The van der Waals surface area contributed by atoms with E-state index in [-0.39, 0.29) is 10.8 Å². The van der Waals surface area contributed by atoms with E-state index < -0.39 is 0 Å². The molecule has 0 nitrogen and oxygen atoms in total. The highest BCUT2D eigenvalue weighted by atomic mass is 35.5. The molecule has 0 aliphatic heterocycles. The van der Waals surface area contributed by atoms with Gasteiger partial charge in [-0.25, -0.2) is 0 Å². The molecule has 0 aliphatic carbocycles. The predicted octanol–water partition coefficient (Wildman–Crippen LogP) is 7.18. The molecule has 0 unspecified atom stereocenters. The third-order valence-corrected chi connectivity index (χ3v) is 4.72. The summed E-state index contributed by atoms with van der Waals surface area (Å²) in [5.41, 5.74) is 4.92. The Morgan fingerprint density at radius 3 is 1.26 bits per heavy atom. The van der Waals surface area contributed by atoms with Gasteiger partial charge in [0.1, 0.15) is 0 Å². The predicted molar refractivity (Wildman–Crippen MR) is 103 cm³/mol. The Kier molecular flexibility index (Phi) is 5.18. The van der Waals surface area contributed by atoms with Crippen LogP contribution in [0.15, 0.2) is 36.4 Å². The van der Waals surface area contributed by atoms with Gasteiger partial charge in [-0.15, -0.1) is 0 Å². The largest absolute Gasteiger partial charge is 0.0840 e. The second kappa shape index (κ2) is 6.49. The molecule has 0 fully saturated rings. The fraction of sp³-hybridized carbons (Fsp3) is 0.429. The lowest BCUT2D eigenvalue weighted by Gasteiger charge is -2.22. The summed E-state index contributed by atoms with van der Waals surface area (Å²) >= 11 is 12.9. The Bertz CT molecular complexity index is 639. The van der Waals surface area contributed by atoms with Crippen LogP contribution in [-0.4, -0.2) is 0 Å². The van der Waals surface area contributed by atoms with Crippen molar-refractivity contribution in [2.45, 2.75) is 58.8 Å². The summed E-state index contributed by atoms with van der Waals surface area (Å²) in [6, 6.07) is 12.8. The molecule has 0 saturated heterocycles. The minimum Gasteiger partial charge on any atom is -0.0840 e. The lowest BCUT2D eigenvalue weighted by Crippen LogP contribution is -2.12. The zero-order chi connectivity index (χ0) is 17.4. The molecule has 124 valence electrons. The van der Waals surface area contributed by atoms with Crippen molar-refractivity contribution < 1.29 is 0 Å². The first-order valence-corrected chi connectivity index (χ1v) is 8.82. The molecule has 0 N–H and O–H groups in total. The number of hydrogen-bond donors (Lipinski definition) is 0. The van der Waals surface area contributed by atoms with Gasteiger partial charge in [0.15, 0.2) is 0 Å². The van der Waals surface area contributed by atoms with Gasteiger partial charge in [0.05, 0.1) is 0 Å². The molecular weight excluding hydrogens is 323 g/mol. The first-order chi connectivity index (χ1) is 10.5. The van der Waals surface area contributed by atoms with Gasteiger partial charge in [0.25, 0.3) is 0 Å². The zero-order valence-electron chi connectivity index (χ0n) is 14.9. The van der Waals surface area contributed by atoms with Crippen molar-refractivity contribution in [3.8, 4) is 0 Å². The van der Waals surface area contributed by atoms with E-state index in [4.69, 9.17) is 23.2 Å². The van der Waals surface area contributed by atoms with Gasteiger partial charge in [-0.05, 0) is 51.6 Å². The summed E-state index contributed by atoms with van der Waals surface area (Å²) in [5.74, 6) is 0. The first kappa shape index (κ1) is 18.4. The maximum absolute atomic E-state index is 6.47. The SMILES string of the molecule is CC(C)(C)c1ccc(Cc2ccc(C(C)(C)C)c(Cl)c2)cc1Cl. The third-order valence-electron chi connectivity index (χ3n) is 4.09. The van der Waals surface area contributed by atoms with E-state index in [1.54, 1.807) is 0 Å². The smallest absolute Gasteiger partial charge is 0.0446 e. The Hall–Kier alpha value is -0.980. The lowest BCUT2D eigenvalue weighted by atomic mass is 9.85. The molecule has 0 aliphatic rings. The summed E-state index contributed by atoms with van der Waals surface area (Å²) in [7, 11) is 0. The lowest BCUT2D eigenvalue weighted by molar-refractivity contribution is 0.590. The van der Waals surface area contributed by atoms with Crippen molar-refractivity contribution in [2.24, 2.45) is 0 Å². The van der Waals surface area contributed by atoms with Gasteiger partial charge in [0.2, 0.25) is 0 Å². The molecule has 0 amide bonds. The fourth-order valence-electron chi connectivity index (χ4n) is 2.79. The maximum Gasteiger partial charge on any atom is 0.0446 e. The summed E-state index contributed by atoms with van der Waals surface area (Å²) < 4.78 is 0. The third kappa shape index (κ3) is 4.52. The van der Waals surface area contributed by atoms with Gasteiger partial charge in [-0.1, -0.05) is 89.0 Å². The molecule has 0 spiro atoms. The van der Waals surface area contributed by atoms with Crippen molar-refractivity contribution in [1.29, 1.82) is 0 Å². The van der Waals surface area contributed by atoms with Gasteiger partial charge in [-0.2, -0.15) is 0 Å². The van der Waals surface area contributed by atoms with Crippen molar-refractivity contribution in [2.75, 3.05) is 0 Å². The van der Waals surface area contributed by atoms with Crippen LogP contribution in [-0.2, 0) is 17.3 Å². The van der Waals surface area contributed by atoms with E-state index in [9.17, 15) is 0 Å². The summed E-state index contributed by atoms with van der Waals surface area (Å²) in [6.45, 7) is 13.1. The molecular formula is C21H26Cl2. The van der Waals surface area contributed by atoms with E-state index in [0.717, 1.165) is 16.5 Å². The van der Waals surface area contributed by atoms with Crippen LogP contribution in [0, 0.1) is 0 Å². The Morgan fingerprint density at radius 2 is 1.00 bits per heavy atom. The molecule has 2 aromatic carbocycles. The molecule has 0 heterocycles. The van der Waals surface area contributed by atoms with E-state index in [0.29, 0.717) is 0 Å². The molecule has 2 heteroatoms. The second-order valence-electron chi connectivity index (χ2n) is 8.31. The van der Waals surface area contributed by atoms with Crippen molar-refractivity contribution in [3.63, 3.8) is 0 Å². The highest BCUT2D eigenvalue weighted by molar-refractivity contribution is 6.32. The molecule has 2 aromatic rings. The van der Waals surface area contributed by atoms with E-state index >= 15 is 0 Å². The van der Waals surface area contributed by atoms with Crippen LogP contribution in [0.25, 0.3) is 0 Å². The van der Waals surface area contributed by atoms with E-state index in [1.165, 1.54) is 22.3 Å². The van der Waals surface area contributed by atoms with Crippen LogP contribution >= 0.6 is 23.2 Å². The molecule has 23 heavy (non-hydrogen) atoms. The van der Waals surface area contributed by atoms with Gasteiger partial charge in [0, 0.05) is 10.0 Å². The molecule has 0 radical (unpaired) electrons. The fourth-order valence-corrected chi connectivity index (χ4v) is 3.76. The number of hydrogen-bond acceptors (Lipinski definition) is 0. The molecule has 2 rings (SSSR count). The Morgan fingerprint density at radius 1 is 0.652 bits per heavy atom.